The second-order valence-corrected chi connectivity index (χ2v) is 6.55. The van der Waals surface area contributed by atoms with Gasteiger partial charge in [-0.3, -0.25) is 0 Å². The van der Waals surface area contributed by atoms with E-state index in [1.165, 1.54) is 36.0 Å². The highest BCUT2D eigenvalue weighted by atomic mass is 35.5. The first-order chi connectivity index (χ1) is 10.2. The van der Waals surface area contributed by atoms with Crippen molar-refractivity contribution in [3.63, 3.8) is 0 Å². The molecular formula is C19H22ClN. The van der Waals surface area contributed by atoms with Crippen molar-refractivity contribution in [3.05, 3.63) is 70.2 Å². The molecule has 3 rings (SSSR count). The molecule has 1 aliphatic carbocycles. The van der Waals surface area contributed by atoms with E-state index in [1.807, 2.05) is 12.1 Å². The Bertz CT molecular complexity index is 591. The van der Waals surface area contributed by atoms with Gasteiger partial charge in [0, 0.05) is 11.1 Å². The van der Waals surface area contributed by atoms with Gasteiger partial charge in [0.1, 0.15) is 0 Å². The van der Waals surface area contributed by atoms with E-state index in [2.05, 4.69) is 36.4 Å². The van der Waals surface area contributed by atoms with Crippen molar-refractivity contribution < 1.29 is 0 Å². The quantitative estimate of drug-likeness (QED) is 0.868. The summed E-state index contributed by atoms with van der Waals surface area (Å²) >= 11 is 5.93. The van der Waals surface area contributed by atoms with Crippen LogP contribution in [-0.4, -0.2) is 6.04 Å². The van der Waals surface area contributed by atoms with Crippen LogP contribution in [0.1, 0.15) is 41.9 Å². The van der Waals surface area contributed by atoms with Gasteiger partial charge >= 0.3 is 0 Å². The van der Waals surface area contributed by atoms with Gasteiger partial charge in [-0.1, -0.05) is 48.0 Å². The standard InChI is InChI=1S/C19H22ClN/c20-17-10-8-14(9-11-17)12-18(21)13-16-6-3-5-15-4-1-2-7-19(15)16/h1-2,4,7-11,16,18H,3,5-6,12-13,21H2. The number of aryl methyl sites for hydroxylation is 1. The third-order valence-corrected chi connectivity index (χ3v) is 4.74. The topological polar surface area (TPSA) is 26.0 Å². The molecule has 2 aromatic carbocycles. The molecule has 0 heterocycles. The van der Waals surface area contributed by atoms with Crippen LogP contribution in [-0.2, 0) is 12.8 Å². The van der Waals surface area contributed by atoms with E-state index in [9.17, 15) is 0 Å². The Kier molecular flexibility index (Phi) is 4.62. The number of hydrogen-bond donors (Lipinski definition) is 1. The van der Waals surface area contributed by atoms with Crippen molar-refractivity contribution in [1.29, 1.82) is 0 Å². The van der Waals surface area contributed by atoms with E-state index in [0.29, 0.717) is 5.92 Å². The second kappa shape index (κ2) is 6.64. The lowest BCUT2D eigenvalue weighted by Crippen LogP contribution is -2.26. The van der Waals surface area contributed by atoms with Gasteiger partial charge in [-0.05, 0) is 66.8 Å². The summed E-state index contributed by atoms with van der Waals surface area (Å²) in [5.74, 6) is 0.622. The van der Waals surface area contributed by atoms with Gasteiger partial charge in [0.2, 0.25) is 0 Å². The number of nitrogens with two attached hydrogens (primary N) is 1. The van der Waals surface area contributed by atoms with Gasteiger partial charge in [-0.25, -0.2) is 0 Å². The van der Waals surface area contributed by atoms with Crippen LogP contribution in [0.5, 0.6) is 0 Å². The Balaban J connectivity index is 1.65. The van der Waals surface area contributed by atoms with Crippen LogP contribution in [0.15, 0.2) is 48.5 Å². The van der Waals surface area contributed by atoms with Crippen molar-refractivity contribution in [2.45, 2.75) is 44.1 Å². The molecule has 2 N–H and O–H groups in total. The Morgan fingerprint density at radius 2 is 1.86 bits per heavy atom. The first-order valence-corrected chi connectivity index (χ1v) is 8.18. The molecule has 1 nitrogen and oxygen atoms in total. The van der Waals surface area contributed by atoms with E-state index in [0.717, 1.165) is 17.9 Å². The molecule has 2 heteroatoms. The summed E-state index contributed by atoms with van der Waals surface area (Å²) in [5, 5.41) is 0.786. The highest BCUT2D eigenvalue weighted by Crippen LogP contribution is 2.34. The zero-order valence-electron chi connectivity index (χ0n) is 12.3. The molecule has 0 bridgehead atoms. The van der Waals surface area contributed by atoms with Crippen LogP contribution in [0.4, 0.5) is 0 Å². The smallest absolute Gasteiger partial charge is 0.0406 e. The summed E-state index contributed by atoms with van der Waals surface area (Å²) in [7, 11) is 0. The minimum Gasteiger partial charge on any atom is -0.327 e. The van der Waals surface area contributed by atoms with Gasteiger partial charge in [-0.15, -0.1) is 0 Å². The van der Waals surface area contributed by atoms with E-state index < -0.39 is 0 Å². The molecule has 2 aromatic rings. The van der Waals surface area contributed by atoms with Crippen LogP contribution >= 0.6 is 11.6 Å². The summed E-state index contributed by atoms with van der Waals surface area (Å²) in [6.45, 7) is 0. The Labute approximate surface area is 132 Å². The molecule has 0 spiro atoms. The molecule has 0 radical (unpaired) electrons. The van der Waals surface area contributed by atoms with E-state index in [1.54, 1.807) is 0 Å². The third-order valence-electron chi connectivity index (χ3n) is 4.49. The molecule has 0 aliphatic heterocycles. The maximum atomic E-state index is 6.40. The second-order valence-electron chi connectivity index (χ2n) is 6.11. The fourth-order valence-electron chi connectivity index (χ4n) is 3.47. The molecule has 0 amide bonds. The highest BCUT2D eigenvalue weighted by Gasteiger charge is 2.21. The Hall–Kier alpha value is -1.31. The number of rotatable bonds is 4. The molecule has 21 heavy (non-hydrogen) atoms. The minimum atomic E-state index is 0.210. The maximum absolute atomic E-state index is 6.40. The van der Waals surface area contributed by atoms with Gasteiger partial charge in [0.05, 0.1) is 0 Å². The third kappa shape index (κ3) is 3.66. The average Bonchev–Trinajstić information content (AvgIpc) is 2.50. The summed E-state index contributed by atoms with van der Waals surface area (Å²) in [6.07, 6.45) is 5.77. The van der Waals surface area contributed by atoms with Crippen molar-refractivity contribution in [2.75, 3.05) is 0 Å². The van der Waals surface area contributed by atoms with Crippen LogP contribution in [0.3, 0.4) is 0 Å². The van der Waals surface area contributed by atoms with Gasteiger partial charge in [0.25, 0.3) is 0 Å². The average molecular weight is 300 g/mol. The largest absolute Gasteiger partial charge is 0.327 e. The lowest BCUT2D eigenvalue weighted by atomic mass is 9.79. The molecule has 0 saturated heterocycles. The number of hydrogen-bond acceptors (Lipinski definition) is 1. The van der Waals surface area contributed by atoms with Crippen LogP contribution in [0.2, 0.25) is 5.02 Å². The predicted octanol–water partition coefficient (Wildman–Crippen LogP) is 4.72. The summed E-state index contributed by atoms with van der Waals surface area (Å²) in [4.78, 5) is 0. The highest BCUT2D eigenvalue weighted by molar-refractivity contribution is 6.30. The van der Waals surface area contributed by atoms with E-state index >= 15 is 0 Å². The maximum Gasteiger partial charge on any atom is 0.0406 e. The first kappa shape index (κ1) is 14.6. The molecular weight excluding hydrogens is 278 g/mol. The van der Waals surface area contributed by atoms with Crippen molar-refractivity contribution in [2.24, 2.45) is 5.73 Å². The summed E-state index contributed by atoms with van der Waals surface area (Å²) < 4.78 is 0. The molecule has 0 fully saturated rings. The molecule has 1 aliphatic rings. The molecule has 2 unspecified atom stereocenters. The number of halogens is 1. The van der Waals surface area contributed by atoms with Crippen LogP contribution in [0.25, 0.3) is 0 Å². The summed E-state index contributed by atoms with van der Waals surface area (Å²) in [5.41, 5.74) is 10.7. The van der Waals surface area contributed by atoms with Gasteiger partial charge in [0.15, 0.2) is 0 Å². The zero-order valence-corrected chi connectivity index (χ0v) is 13.0. The predicted molar refractivity (Wildman–Crippen MR) is 89.9 cm³/mol. The van der Waals surface area contributed by atoms with Crippen LogP contribution < -0.4 is 5.73 Å². The van der Waals surface area contributed by atoms with Crippen molar-refractivity contribution >= 4 is 11.6 Å². The Morgan fingerprint density at radius 3 is 2.67 bits per heavy atom. The fraction of sp³-hybridized carbons (Fsp3) is 0.368. The lowest BCUT2D eigenvalue weighted by Gasteiger charge is -2.27. The Morgan fingerprint density at radius 1 is 1.10 bits per heavy atom. The number of benzene rings is 2. The van der Waals surface area contributed by atoms with Gasteiger partial charge in [-0.2, -0.15) is 0 Å². The van der Waals surface area contributed by atoms with E-state index in [-0.39, 0.29) is 6.04 Å². The fourth-order valence-corrected chi connectivity index (χ4v) is 3.60. The number of fused-ring (bicyclic) bond motifs is 1. The zero-order chi connectivity index (χ0) is 14.7. The SMILES string of the molecule is NC(Cc1ccc(Cl)cc1)CC1CCCc2ccccc21. The molecule has 0 aromatic heterocycles. The lowest BCUT2D eigenvalue weighted by molar-refractivity contribution is 0.466. The molecule has 110 valence electrons. The van der Waals surface area contributed by atoms with E-state index in [4.69, 9.17) is 17.3 Å². The normalized spacial score (nSPS) is 19.0. The molecule has 0 saturated carbocycles. The molecule has 2 atom stereocenters. The minimum absolute atomic E-state index is 0.210. The monoisotopic (exact) mass is 299 g/mol. The first-order valence-electron chi connectivity index (χ1n) is 7.80. The summed E-state index contributed by atoms with van der Waals surface area (Å²) in [6, 6.07) is 17.1. The van der Waals surface area contributed by atoms with Crippen molar-refractivity contribution in [1.82, 2.24) is 0 Å². The van der Waals surface area contributed by atoms with Gasteiger partial charge < -0.3 is 5.73 Å². The van der Waals surface area contributed by atoms with Crippen molar-refractivity contribution in [3.8, 4) is 0 Å². The van der Waals surface area contributed by atoms with Crippen LogP contribution in [0, 0.1) is 0 Å².